The molecule has 0 fully saturated rings. The first-order valence-electron chi connectivity index (χ1n) is 7.87. The fourth-order valence-electron chi connectivity index (χ4n) is 1.74. The van der Waals surface area contributed by atoms with Crippen molar-refractivity contribution in [1.29, 1.82) is 0 Å². The van der Waals surface area contributed by atoms with Crippen LogP contribution in [-0.4, -0.2) is 43.4 Å². The van der Waals surface area contributed by atoms with Crippen molar-refractivity contribution in [2.75, 3.05) is 19.8 Å². The Labute approximate surface area is 164 Å². The number of hydrazine groups is 1. The van der Waals surface area contributed by atoms with Gasteiger partial charge < -0.3 is 19.2 Å². The average Bonchev–Trinajstić information content (AvgIpc) is 3.23. The average molecular weight is 410 g/mol. The van der Waals surface area contributed by atoms with E-state index < -0.39 is 36.8 Å². The maximum atomic E-state index is 11.6. The summed E-state index contributed by atoms with van der Waals surface area (Å²) < 4.78 is 14.7. The van der Waals surface area contributed by atoms with Crippen molar-refractivity contribution in [3.63, 3.8) is 0 Å². The van der Waals surface area contributed by atoms with Gasteiger partial charge in [-0.15, -0.1) is 0 Å². The van der Waals surface area contributed by atoms with E-state index in [2.05, 4.69) is 20.9 Å². The largest absolute Gasteiger partial charge is 0.484 e. The highest BCUT2D eigenvalue weighted by Gasteiger charge is 2.12. The second kappa shape index (κ2) is 10.6. The highest BCUT2D eigenvalue weighted by molar-refractivity contribution is 6.30. The minimum Gasteiger partial charge on any atom is -0.484 e. The van der Waals surface area contributed by atoms with Crippen molar-refractivity contribution in [3.8, 4) is 5.75 Å². The van der Waals surface area contributed by atoms with Crippen LogP contribution in [0.3, 0.4) is 0 Å². The van der Waals surface area contributed by atoms with Crippen LogP contribution in [0.5, 0.6) is 5.75 Å². The zero-order chi connectivity index (χ0) is 20.4. The Morgan fingerprint density at radius 3 is 2.29 bits per heavy atom. The molecule has 0 unspecified atom stereocenters. The Balaban J connectivity index is 1.57. The number of hydrogen-bond donors (Lipinski definition) is 3. The van der Waals surface area contributed by atoms with Crippen LogP contribution in [-0.2, 0) is 19.1 Å². The smallest absolute Gasteiger partial charge is 0.325 e. The molecule has 3 N–H and O–H groups in total. The summed E-state index contributed by atoms with van der Waals surface area (Å²) in [4.78, 5) is 46.1. The third-order valence-corrected chi connectivity index (χ3v) is 3.28. The van der Waals surface area contributed by atoms with Crippen LogP contribution in [0.15, 0.2) is 47.1 Å². The summed E-state index contributed by atoms with van der Waals surface area (Å²) in [5, 5.41) is 2.79. The molecule has 0 spiro atoms. The molecule has 11 heteroatoms. The van der Waals surface area contributed by atoms with Crippen LogP contribution in [0, 0.1) is 0 Å². The molecular formula is C17H16ClN3O7. The standard InChI is InChI=1S/C17H16ClN3O7/c18-11-3-5-12(6-4-11)27-9-14(22)20-21-15(23)10-28-16(24)8-19-17(25)13-2-1-7-26-13/h1-7H,8-10H2,(H,19,25)(H,20,22)(H,21,23). The van der Waals surface area contributed by atoms with E-state index in [-0.39, 0.29) is 12.4 Å². The van der Waals surface area contributed by atoms with Gasteiger partial charge in [-0.3, -0.25) is 30.0 Å². The second-order valence-corrected chi connectivity index (χ2v) is 5.60. The molecule has 0 aliphatic heterocycles. The highest BCUT2D eigenvalue weighted by atomic mass is 35.5. The Kier molecular flexibility index (Phi) is 7.85. The molecule has 3 amide bonds. The van der Waals surface area contributed by atoms with Crippen LogP contribution in [0.1, 0.15) is 10.6 Å². The van der Waals surface area contributed by atoms with Gasteiger partial charge in [0.2, 0.25) is 0 Å². The number of furan rings is 1. The molecule has 0 aliphatic carbocycles. The van der Waals surface area contributed by atoms with Crippen molar-refractivity contribution < 1.29 is 33.1 Å². The number of halogens is 1. The van der Waals surface area contributed by atoms with E-state index in [4.69, 9.17) is 20.8 Å². The lowest BCUT2D eigenvalue weighted by molar-refractivity contribution is -0.148. The van der Waals surface area contributed by atoms with E-state index in [1.807, 2.05) is 0 Å². The lowest BCUT2D eigenvalue weighted by atomic mass is 10.3. The van der Waals surface area contributed by atoms with Crippen molar-refractivity contribution in [2.24, 2.45) is 0 Å². The summed E-state index contributed by atoms with van der Waals surface area (Å²) in [6.07, 6.45) is 1.31. The highest BCUT2D eigenvalue weighted by Crippen LogP contribution is 2.15. The molecule has 0 radical (unpaired) electrons. The molecule has 0 atom stereocenters. The van der Waals surface area contributed by atoms with Gasteiger partial charge >= 0.3 is 5.97 Å². The molecule has 148 valence electrons. The molecule has 0 bridgehead atoms. The molecule has 1 heterocycles. The van der Waals surface area contributed by atoms with Gasteiger partial charge in [-0.2, -0.15) is 0 Å². The summed E-state index contributed by atoms with van der Waals surface area (Å²) >= 11 is 5.73. The van der Waals surface area contributed by atoms with Crippen molar-refractivity contribution in [2.45, 2.75) is 0 Å². The predicted molar refractivity (Wildman–Crippen MR) is 95.2 cm³/mol. The minimum atomic E-state index is -0.840. The molecule has 10 nitrogen and oxygen atoms in total. The van der Waals surface area contributed by atoms with Gasteiger partial charge in [-0.05, 0) is 36.4 Å². The molecule has 1 aromatic heterocycles. The summed E-state index contributed by atoms with van der Waals surface area (Å²) in [5.74, 6) is -2.37. The van der Waals surface area contributed by atoms with Crippen molar-refractivity contribution >= 4 is 35.3 Å². The predicted octanol–water partition coefficient (Wildman–Crippen LogP) is 0.432. The van der Waals surface area contributed by atoms with Gasteiger partial charge in [-0.25, -0.2) is 0 Å². The van der Waals surface area contributed by atoms with Crippen LogP contribution in [0.25, 0.3) is 0 Å². The summed E-state index contributed by atoms with van der Waals surface area (Å²) in [6.45, 7) is -1.44. The monoisotopic (exact) mass is 409 g/mol. The topological polar surface area (TPSA) is 136 Å². The summed E-state index contributed by atoms with van der Waals surface area (Å²) in [5.41, 5.74) is 4.14. The normalized spacial score (nSPS) is 9.89. The number of rotatable bonds is 8. The molecule has 1 aromatic carbocycles. The number of benzene rings is 1. The Morgan fingerprint density at radius 1 is 0.964 bits per heavy atom. The third kappa shape index (κ3) is 7.38. The molecule has 0 aliphatic rings. The number of hydrogen-bond acceptors (Lipinski definition) is 7. The van der Waals surface area contributed by atoms with E-state index in [1.165, 1.54) is 18.4 Å². The number of carbonyl (C=O) groups is 4. The van der Waals surface area contributed by atoms with Crippen molar-refractivity contribution in [3.05, 3.63) is 53.4 Å². The Hall–Kier alpha value is -3.53. The van der Waals surface area contributed by atoms with Gasteiger partial charge in [0.05, 0.1) is 6.26 Å². The van der Waals surface area contributed by atoms with E-state index in [1.54, 1.807) is 24.3 Å². The van der Waals surface area contributed by atoms with Crippen LogP contribution >= 0.6 is 11.6 Å². The lowest BCUT2D eigenvalue weighted by Crippen LogP contribution is -2.45. The fraction of sp³-hybridized carbons (Fsp3) is 0.176. The van der Waals surface area contributed by atoms with E-state index >= 15 is 0 Å². The molecule has 2 aromatic rings. The quantitative estimate of drug-likeness (QED) is 0.425. The maximum absolute atomic E-state index is 11.6. The van der Waals surface area contributed by atoms with Crippen LogP contribution in [0.2, 0.25) is 5.02 Å². The van der Waals surface area contributed by atoms with Gasteiger partial charge in [0.1, 0.15) is 12.3 Å². The molecule has 0 saturated heterocycles. The SMILES string of the molecule is O=C(COC(=O)CNC(=O)c1ccco1)NNC(=O)COc1ccc(Cl)cc1. The molecule has 28 heavy (non-hydrogen) atoms. The number of carbonyl (C=O) groups excluding carboxylic acids is 4. The van der Waals surface area contributed by atoms with E-state index in [0.717, 1.165) is 0 Å². The van der Waals surface area contributed by atoms with Crippen molar-refractivity contribution in [1.82, 2.24) is 16.2 Å². The number of ether oxygens (including phenoxy) is 2. The first-order chi connectivity index (χ1) is 13.4. The van der Waals surface area contributed by atoms with Crippen LogP contribution in [0.4, 0.5) is 0 Å². The molecular weight excluding hydrogens is 394 g/mol. The molecule has 2 rings (SSSR count). The first-order valence-corrected chi connectivity index (χ1v) is 8.25. The fourth-order valence-corrected chi connectivity index (χ4v) is 1.86. The number of amides is 3. The molecule has 0 saturated carbocycles. The third-order valence-electron chi connectivity index (χ3n) is 3.03. The van der Waals surface area contributed by atoms with Gasteiger partial charge in [0.25, 0.3) is 17.7 Å². The Morgan fingerprint density at radius 2 is 1.64 bits per heavy atom. The van der Waals surface area contributed by atoms with Gasteiger partial charge in [-0.1, -0.05) is 11.6 Å². The number of esters is 1. The zero-order valence-corrected chi connectivity index (χ0v) is 15.2. The zero-order valence-electron chi connectivity index (χ0n) is 14.4. The summed E-state index contributed by atoms with van der Waals surface area (Å²) in [6, 6.07) is 9.31. The second-order valence-electron chi connectivity index (χ2n) is 5.16. The van der Waals surface area contributed by atoms with E-state index in [0.29, 0.717) is 10.8 Å². The minimum absolute atomic E-state index is 0.0362. The van der Waals surface area contributed by atoms with Crippen LogP contribution < -0.4 is 20.9 Å². The Bertz CT molecular complexity index is 822. The summed E-state index contributed by atoms with van der Waals surface area (Å²) in [7, 11) is 0. The maximum Gasteiger partial charge on any atom is 0.325 e. The first kappa shape index (κ1) is 20.8. The number of nitrogens with one attached hydrogen (secondary N) is 3. The lowest BCUT2D eigenvalue weighted by Gasteiger charge is -2.09. The van der Waals surface area contributed by atoms with Gasteiger partial charge in [0, 0.05) is 5.02 Å². The van der Waals surface area contributed by atoms with E-state index in [9.17, 15) is 19.2 Å². The van der Waals surface area contributed by atoms with Gasteiger partial charge in [0.15, 0.2) is 19.0 Å².